The number of aryl methyl sites for hydroxylation is 2. The Bertz CT molecular complexity index is 1250. The fraction of sp³-hybridized carbons (Fsp3) is 0.348. The van der Waals surface area contributed by atoms with Gasteiger partial charge in [0.15, 0.2) is 5.82 Å². The van der Waals surface area contributed by atoms with E-state index in [9.17, 15) is 4.79 Å². The number of nitrogens with zero attached hydrogens (tertiary/aromatic N) is 5. The first kappa shape index (κ1) is 22.7. The van der Waals surface area contributed by atoms with E-state index in [1.165, 1.54) is 4.90 Å². The highest BCUT2D eigenvalue weighted by atomic mass is 35.5. The number of hydrogen-bond donors (Lipinski definition) is 2. The first-order valence-corrected chi connectivity index (χ1v) is 11.1. The Labute approximate surface area is 197 Å². The standard InChI is InChI=1S/C23H26ClN7O2/c1-5-6-7-17-27-10-14(28-17)8-15-18-20(24)29-23(25)30-21(18)31(22(15)32)11-16-13(3)19(33-4)12(2)9-26-16/h8-10H,5-7,11H2,1-4H3,(H,27,28)(H2,25,29,30)/b15-8+. The van der Waals surface area contributed by atoms with Gasteiger partial charge in [0.2, 0.25) is 5.95 Å². The Morgan fingerprint density at radius 3 is 2.76 bits per heavy atom. The van der Waals surface area contributed by atoms with Gasteiger partial charge in [0.05, 0.1) is 42.4 Å². The number of aromatic nitrogens is 5. The minimum Gasteiger partial charge on any atom is -0.496 e. The number of rotatable bonds is 7. The molecule has 0 radical (unpaired) electrons. The number of aromatic amines is 1. The van der Waals surface area contributed by atoms with Gasteiger partial charge in [0.1, 0.15) is 16.7 Å². The van der Waals surface area contributed by atoms with E-state index in [0.29, 0.717) is 28.3 Å². The third-order valence-corrected chi connectivity index (χ3v) is 5.91. The molecule has 0 saturated carbocycles. The quantitative estimate of drug-likeness (QED) is 0.399. The van der Waals surface area contributed by atoms with Crippen molar-refractivity contribution in [2.45, 2.75) is 46.6 Å². The van der Waals surface area contributed by atoms with Gasteiger partial charge in [-0.25, -0.2) is 9.97 Å². The minimum atomic E-state index is -0.266. The van der Waals surface area contributed by atoms with E-state index in [1.54, 1.807) is 25.6 Å². The summed E-state index contributed by atoms with van der Waals surface area (Å²) < 4.78 is 5.51. The van der Waals surface area contributed by atoms with Crippen LogP contribution in [0.15, 0.2) is 12.4 Å². The van der Waals surface area contributed by atoms with Crippen LogP contribution in [-0.2, 0) is 17.8 Å². The summed E-state index contributed by atoms with van der Waals surface area (Å²) in [5, 5.41) is 0.122. The van der Waals surface area contributed by atoms with Crippen LogP contribution in [0.5, 0.6) is 5.75 Å². The lowest BCUT2D eigenvalue weighted by Gasteiger charge is -2.19. The monoisotopic (exact) mass is 467 g/mol. The highest BCUT2D eigenvalue weighted by Crippen LogP contribution is 2.41. The van der Waals surface area contributed by atoms with Crippen molar-refractivity contribution in [2.24, 2.45) is 0 Å². The Morgan fingerprint density at radius 2 is 2.03 bits per heavy atom. The summed E-state index contributed by atoms with van der Waals surface area (Å²) in [7, 11) is 1.61. The molecule has 0 spiro atoms. The number of imidazole rings is 1. The molecule has 33 heavy (non-hydrogen) atoms. The summed E-state index contributed by atoms with van der Waals surface area (Å²) in [6.07, 6.45) is 8.11. The number of amides is 1. The molecule has 0 fully saturated rings. The van der Waals surface area contributed by atoms with Gasteiger partial charge in [0, 0.05) is 23.7 Å². The molecule has 0 unspecified atom stereocenters. The number of anilines is 2. The predicted octanol–water partition coefficient (Wildman–Crippen LogP) is 3.89. The molecule has 3 aromatic rings. The van der Waals surface area contributed by atoms with E-state index < -0.39 is 0 Å². The number of methoxy groups -OCH3 is 1. The number of nitrogens with two attached hydrogens (primary N) is 1. The van der Waals surface area contributed by atoms with E-state index in [-0.39, 0.29) is 23.6 Å². The molecule has 0 bridgehead atoms. The van der Waals surface area contributed by atoms with Gasteiger partial charge in [-0.2, -0.15) is 4.98 Å². The summed E-state index contributed by atoms with van der Waals surface area (Å²) in [5.74, 6) is 1.69. The maximum Gasteiger partial charge on any atom is 0.260 e. The second kappa shape index (κ2) is 9.19. The van der Waals surface area contributed by atoms with Gasteiger partial charge in [-0.3, -0.25) is 14.7 Å². The van der Waals surface area contributed by atoms with Crippen molar-refractivity contribution in [3.63, 3.8) is 0 Å². The summed E-state index contributed by atoms with van der Waals surface area (Å²) in [6, 6.07) is 0. The number of unbranched alkanes of at least 4 members (excludes halogenated alkanes) is 1. The molecule has 1 aliphatic rings. The molecular weight excluding hydrogens is 442 g/mol. The smallest absolute Gasteiger partial charge is 0.260 e. The number of carbonyl (C=O) groups is 1. The van der Waals surface area contributed by atoms with Crippen LogP contribution in [0.1, 0.15) is 53.7 Å². The average Bonchev–Trinajstić information content (AvgIpc) is 3.32. The van der Waals surface area contributed by atoms with Gasteiger partial charge in [-0.15, -0.1) is 0 Å². The number of hydrogen-bond acceptors (Lipinski definition) is 7. The van der Waals surface area contributed by atoms with Crippen LogP contribution in [0.25, 0.3) is 11.6 Å². The lowest BCUT2D eigenvalue weighted by atomic mass is 10.1. The number of fused-ring (bicyclic) bond motifs is 1. The Morgan fingerprint density at radius 1 is 1.24 bits per heavy atom. The molecular formula is C23H26ClN7O2. The molecule has 4 rings (SSSR count). The molecule has 3 N–H and O–H groups in total. The van der Waals surface area contributed by atoms with Crippen molar-refractivity contribution in [3.05, 3.63) is 51.4 Å². The maximum atomic E-state index is 13.5. The molecule has 1 aliphatic heterocycles. The van der Waals surface area contributed by atoms with Crippen LogP contribution in [-0.4, -0.2) is 37.9 Å². The van der Waals surface area contributed by atoms with Crippen molar-refractivity contribution >= 4 is 40.9 Å². The average molecular weight is 468 g/mol. The molecule has 172 valence electrons. The van der Waals surface area contributed by atoms with Crippen molar-refractivity contribution in [3.8, 4) is 5.75 Å². The van der Waals surface area contributed by atoms with Gasteiger partial charge in [-0.1, -0.05) is 24.9 Å². The van der Waals surface area contributed by atoms with Gasteiger partial charge < -0.3 is 15.5 Å². The number of halogens is 1. The van der Waals surface area contributed by atoms with Crippen LogP contribution in [0, 0.1) is 13.8 Å². The summed E-state index contributed by atoms with van der Waals surface area (Å²) in [6.45, 7) is 6.15. The number of ether oxygens (including phenoxy) is 1. The SMILES string of the molecule is CCCCc1ncc(/C=C2/C(=O)N(Cc3ncc(C)c(OC)c3C)c3nc(N)nc(Cl)c32)[nH]1. The van der Waals surface area contributed by atoms with Gasteiger partial charge >= 0.3 is 0 Å². The Hall–Kier alpha value is -3.46. The lowest BCUT2D eigenvalue weighted by Crippen LogP contribution is -2.27. The topological polar surface area (TPSA) is 123 Å². The van der Waals surface area contributed by atoms with E-state index in [1.807, 2.05) is 13.8 Å². The number of nitrogen functional groups attached to an aromatic ring is 1. The number of H-pyrrole nitrogens is 1. The first-order valence-electron chi connectivity index (χ1n) is 10.7. The molecule has 0 saturated heterocycles. The number of pyridine rings is 1. The van der Waals surface area contributed by atoms with E-state index in [0.717, 1.165) is 42.0 Å². The summed E-state index contributed by atoms with van der Waals surface area (Å²) in [5.41, 5.74) is 9.84. The zero-order chi connectivity index (χ0) is 23.7. The molecule has 9 nitrogen and oxygen atoms in total. The molecule has 0 atom stereocenters. The molecule has 0 aromatic carbocycles. The highest BCUT2D eigenvalue weighted by molar-refractivity contribution is 6.41. The zero-order valence-corrected chi connectivity index (χ0v) is 19.8. The van der Waals surface area contributed by atoms with Crippen LogP contribution in [0.3, 0.4) is 0 Å². The van der Waals surface area contributed by atoms with Crippen LogP contribution in [0.4, 0.5) is 11.8 Å². The highest BCUT2D eigenvalue weighted by Gasteiger charge is 2.37. The molecule has 1 amide bonds. The number of carbonyl (C=O) groups excluding carboxylic acids is 1. The van der Waals surface area contributed by atoms with Crippen LogP contribution in [0.2, 0.25) is 5.15 Å². The second-order valence-corrected chi connectivity index (χ2v) is 8.31. The third kappa shape index (κ3) is 4.28. The van der Waals surface area contributed by atoms with E-state index in [4.69, 9.17) is 22.1 Å². The Balaban J connectivity index is 1.76. The van der Waals surface area contributed by atoms with E-state index >= 15 is 0 Å². The van der Waals surface area contributed by atoms with E-state index in [2.05, 4.69) is 31.8 Å². The third-order valence-electron chi connectivity index (χ3n) is 5.64. The fourth-order valence-electron chi connectivity index (χ4n) is 3.95. The lowest BCUT2D eigenvalue weighted by molar-refractivity contribution is -0.113. The van der Waals surface area contributed by atoms with Crippen LogP contribution < -0.4 is 15.4 Å². The second-order valence-electron chi connectivity index (χ2n) is 7.96. The van der Waals surface area contributed by atoms with Crippen molar-refractivity contribution in [1.82, 2.24) is 24.9 Å². The zero-order valence-electron chi connectivity index (χ0n) is 19.1. The maximum absolute atomic E-state index is 13.5. The Kier molecular flexibility index (Phi) is 6.33. The molecule has 10 heteroatoms. The molecule has 4 heterocycles. The van der Waals surface area contributed by atoms with Crippen molar-refractivity contribution in [1.29, 1.82) is 0 Å². The minimum absolute atomic E-state index is 0.00707. The van der Waals surface area contributed by atoms with Crippen molar-refractivity contribution < 1.29 is 9.53 Å². The number of nitrogens with one attached hydrogen (secondary N) is 1. The largest absolute Gasteiger partial charge is 0.496 e. The first-order chi connectivity index (χ1) is 15.8. The summed E-state index contributed by atoms with van der Waals surface area (Å²) in [4.78, 5) is 35.6. The fourth-order valence-corrected chi connectivity index (χ4v) is 4.23. The van der Waals surface area contributed by atoms with Crippen molar-refractivity contribution in [2.75, 3.05) is 17.7 Å². The van der Waals surface area contributed by atoms with Gasteiger partial charge in [0.25, 0.3) is 5.91 Å². The predicted molar refractivity (Wildman–Crippen MR) is 128 cm³/mol. The normalized spacial score (nSPS) is 14.3. The van der Waals surface area contributed by atoms with Crippen LogP contribution >= 0.6 is 11.6 Å². The molecule has 3 aromatic heterocycles. The summed E-state index contributed by atoms with van der Waals surface area (Å²) >= 11 is 6.43. The van der Waals surface area contributed by atoms with Gasteiger partial charge in [-0.05, 0) is 26.3 Å². The molecule has 0 aliphatic carbocycles.